The molecule has 0 aliphatic carbocycles. The van der Waals surface area contributed by atoms with Gasteiger partial charge in [-0.3, -0.25) is 4.79 Å². The molecule has 0 aliphatic rings. The van der Waals surface area contributed by atoms with Crippen molar-refractivity contribution in [3.63, 3.8) is 0 Å². The van der Waals surface area contributed by atoms with E-state index in [1.165, 1.54) is 0 Å². The van der Waals surface area contributed by atoms with Gasteiger partial charge < -0.3 is 10.5 Å². The van der Waals surface area contributed by atoms with Gasteiger partial charge in [0.2, 0.25) is 5.91 Å². The molecule has 0 heterocycles. The maximum absolute atomic E-state index is 11.1. The molecule has 0 saturated carbocycles. The number of carbonyl (C=O) groups is 1. The third-order valence-electron chi connectivity index (χ3n) is 2.40. The first-order valence-corrected chi connectivity index (χ1v) is 5.51. The minimum atomic E-state index is -0.772. The Balaban J connectivity index is 3.02. The highest BCUT2D eigenvalue weighted by Crippen LogP contribution is 2.25. The Kier molecular flexibility index (Phi) is 4.77. The van der Waals surface area contributed by atoms with Gasteiger partial charge in [-0.2, -0.15) is 0 Å². The molecule has 0 spiro atoms. The quantitative estimate of drug-likeness (QED) is 0.802. The number of alkyl halides is 1. The molecule has 0 fully saturated rings. The summed E-state index contributed by atoms with van der Waals surface area (Å²) in [6.07, 6.45) is 0.725. The SMILES string of the molecule is COCCc1ccc(C)cc1C(Cl)C(N)=O. The van der Waals surface area contributed by atoms with Gasteiger partial charge in [0.05, 0.1) is 6.61 Å². The summed E-state index contributed by atoms with van der Waals surface area (Å²) >= 11 is 5.98. The van der Waals surface area contributed by atoms with E-state index in [0.717, 1.165) is 23.1 Å². The van der Waals surface area contributed by atoms with Crippen molar-refractivity contribution in [2.24, 2.45) is 5.73 Å². The van der Waals surface area contributed by atoms with E-state index in [2.05, 4.69) is 0 Å². The molecule has 1 rings (SSSR count). The van der Waals surface area contributed by atoms with Crippen molar-refractivity contribution in [2.45, 2.75) is 18.7 Å². The molecule has 1 amide bonds. The lowest BCUT2D eigenvalue weighted by Gasteiger charge is -2.13. The van der Waals surface area contributed by atoms with Crippen LogP contribution in [-0.2, 0) is 16.0 Å². The van der Waals surface area contributed by atoms with E-state index in [-0.39, 0.29) is 0 Å². The van der Waals surface area contributed by atoms with Gasteiger partial charge in [-0.25, -0.2) is 0 Å². The van der Waals surface area contributed by atoms with Crippen LogP contribution in [0.4, 0.5) is 0 Å². The van der Waals surface area contributed by atoms with Gasteiger partial charge >= 0.3 is 0 Å². The number of hydrogen-bond donors (Lipinski definition) is 1. The Hall–Kier alpha value is -1.06. The van der Waals surface area contributed by atoms with E-state index in [1.807, 2.05) is 25.1 Å². The summed E-state index contributed by atoms with van der Waals surface area (Å²) in [5.74, 6) is -0.522. The Morgan fingerprint density at radius 3 is 2.81 bits per heavy atom. The molecule has 16 heavy (non-hydrogen) atoms. The van der Waals surface area contributed by atoms with Crippen LogP contribution in [0.1, 0.15) is 22.1 Å². The second kappa shape index (κ2) is 5.87. The number of halogens is 1. The molecule has 1 atom stereocenters. The van der Waals surface area contributed by atoms with Gasteiger partial charge in [0.1, 0.15) is 5.38 Å². The van der Waals surface area contributed by atoms with Crippen LogP contribution in [0.5, 0.6) is 0 Å². The molecule has 4 heteroatoms. The monoisotopic (exact) mass is 241 g/mol. The molecule has 3 nitrogen and oxygen atoms in total. The summed E-state index contributed by atoms with van der Waals surface area (Å²) in [4.78, 5) is 11.1. The first-order valence-electron chi connectivity index (χ1n) is 5.08. The van der Waals surface area contributed by atoms with E-state index >= 15 is 0 Å². The van der Waals surface area contributed by atoms with E-state index in [9.17, 15) is 4.79 Å². The van der Waals surface area contributed by atoms with E-state index < -0.39 is 11.3 Å². The summed E-state index contributed by atoms with van der Waals surface area (Å²) in [7, 11) is 1.64. The van der Waals surface area contributed by atoms with Crippen LogP contribution in [0, 0.1) is 6.92 Å². The molecule has 1 aromatic rings. The van der Waals surface area contributed by atoms with Gasteiger partial charge in [-0.15, -0.1) is 11.6 Å². The predicted octanol–water partition coefficient (Wildman–Crippen LogP) is 1.95. The molecule has 0 saturated heterocycles. The highest BCUT2D eigenvalue weighted by atomic mass is 35.5. The average Bonchev–Trinajstić information content (AvgIpc) is 2.26. The van der Waals surface area contributed by atoms with Crippen LogP contribution in [0.3, 0.4) is 0 Å². The number of carbonyl (C=O) groups excluding carboxylic acids is 1. The number of benzene rings is 1. The fourth-order valence-electron chi connectivity index (χ4n) is 1.54. The third-order valence-corrected chi connectivity index (χ3v) is 2.85. The van der Waals surface area contributed by atoms with Crippen molar-refractivity contribution in [1.82, 2.24) is 0 Å². The normalized spacial score (nSPS) is 12.4. The van der Waals surface area contributed by atoms with Gasteiger partial charge in [0.25, 0.3) is 0 Å². The predicted molar refractivity (Wildman–Crippen MR) is 64.5 cm³/mol. The average molecular weight is 242 g/mol. The Labute approximate surface area is 101 Å². The number of methoxy groups -OCH3 is 1. The van der Waals surface area contributed by atoms with Crippen molar-refractivity contribution in [3.8, 4) is 0 Å². The summed E-state index contributed by atoms with van der Waals surface area (Å²) < 4.78 is 5.01. The molecule has 0 aromatic heterocycles. The molecule has 0 radical (unpaired) electrons. The topological polar surface area (TPSA) is 52.3 Å². The molecule has 88 valence electrons. The summed E-state index contributed by atoms with van der Waals surface area (Å²) in [6, 6.07) is 5.84. The van der Waals surface area contributed by atoms with E-state index in [4.69, 9.17) is 22.1 Å². The second-order valence-corrected chi connectivity index (χ2v) is 4.15. The molecule has 1 aromatic carbocycles. The smallest absolute Gasteiger partial charge is 0.240 e. The number of rotatable bonds is 5. The zero-order valence-corrected chi connectivity index (χ0v) is 10.3. The van der Waals surface area contributed by atoms with E-state index in [1.54, 1.807) is 7.11 Å². The Morgan fingerprint density at radius 1 is 1.56 bits per heavy atom. The molecule has 2 N–H and O–H groups in total. The third kappa shape index (κ3) is 3.22. The van der Waals surface area contributed by atoms with Gasteiger partial charge in [-0.05, 0) is 24.5 Å². The lowest BCUT2D eigenvalue weighted by molar-refractivity contribution is -0.117. The summed E-state index contributed by atoms with van der Waals surface area (Å²) in [6.45, 7) is 2.55. The first kappa shape index (κ1) is 13.0. The van der Waals surface area contributed by atoms with Crippen LogP contribution in [0.2, 0.25) is 0 Å². The molecular formula is C12H16ClNO2. The number of aryl methyl sites for hydroxylation is 1. The zero-order valence-electron chi connectivity index (χ0n) is 9.50. The largest absolute Gasteiger partial charge is 0.384 e. The Bertz CT molecular complexity index is 379. The van der Waals surface area contributed by atoms with Crippen LogP contribution in [0.25, 0.3) is 0 Å². The highest BCUT2D eigenvalue weighted by molar-refractivity contribution is 6.30. The number of primary amides is 1. The number of ether oxygens (including phenoxy) is 1. The van der Waals surface area contributed by atoms with Crippen molar-refractivity contribution in [1.29, 1.82) is 0 Å². The van der Waals surface area contributed by atoms with Crippen molar-refractivity contribution < 1.29 is 9.53 Å². The van der Waals surface area contributed by atoms with Crippen LogP contribution < -0.4 is 5.73 Å². The Morgan fingerprint density at radius 2 is 2.25 bits per heavy atom. The second-order valence-electron chi connectivity index (χ2n) is 3.71. The molecular weight excluding hydrogens is 226 g/mol. The minimum Gasteiger partial charge on any atom is -0.384 e. The number of amides is 1. The van der Waals surface area contributed by atoms with Crippen LogP contribution in [0.15, 0.2) is 18.2 Å². The number of nitrogens with two attached hydrogens (primary N) is 1. The van der Waals surface area contributed by atoms with Gasteiger partial charge in [-0.1, -0.05) is 23.8 Å². The van der Waals surface area contributed by atoms with Gasteiger partial charge in [0, 0.05) is 7.11 Å². The van der Waals surface area contributed by atoms with Crippen molar-refractivity contribution >= 4 is 17.5 Å². The fourth-order valence-corrected chi connectivity index (χ4v) is 1.75. The molecule has 0 aliphatic heterocycles. The van der Waals surface area contributed by atoms with Gasteiger partial charge in [0.15, 0.2) is 0 Å². The van der Waals surface area contributed by atoms with Crippen LogP contribution >= 0.6 is 11.6 Å². The van der Waals surface area contributed by atoms with Crippen LogP contribution in [-0.4, -0.2) is 19.6 Å². The lowest BCUT2D eigenvalue weighted by atomic mass is 9.99. The maximum atomic E-state index is 11.1. The maximum Gasteiger partial charge on any atom is 0.240 e. The lowest BCUT2D eigenvalue weighted by Crippen LogP contribution is -2.18. The van der Waals surface area contributed by atoms with E-state index in [0.29, 0.717) is 6.61 Å². The standard InChI is InChI=1S/C12H16ClNO2/c1-8-3-4-9(5-6-16-2)10(7-8)11(13)12(14)15/h3-4,7,11H,5-6H2,1-2H3,(H2,14,15). The van der Waals surface area contributed by atoms with Crippen molar-refractivity contribution in [2.75, 3.05) is 13.7 Å². The summed E-state index contributed by atoms with van der Waals surface area (Å²) in [5.41, 5.74) is 8.06. The minimum absolute atomic E-state index is 0.522. The molecule has 0 bridgehead atoms. The summed E-state index contributed by atoms with van der Waals surface area (Å²) in [5, 5.41) is -0.772. The van der Waals surface area contributed by atoms with Crippen molar-refractivity contribution in [3.05, 3.63) is 34.9 Å². The number of hydrogen-bond acceptors (Lipinski definition) is 2. The zero-order chi connectivity index (χ0) is 12.1. The molecule has 1 unspecified atom stereocenters. The fraction of sp³-hybridized carbons (Fsp3) is 0.417. The first-order chi connectivity index (χ1) is 7.56. The highest BCUT2D eigenvalue weighted by Gasteiger charge is 2.17.